The van der Waals surface area contributed by atoms with Crippen LogP contribution in [0.1, 0.15) is 38.7 Å². The average Bonchev–Trinajstić information content (AvgIpc) is 2.46. The van der Waals surface area contributed by atoms with Crippen molar-refractivity contribution in [2.24, 2.45) is 5.92 Å². The molecule has 0 radical (unpaired) electrons. The van der Waals surface area contributed by atoms with E-state index in [9.17, 15) is 4.79 Å². The molecule has 114 valence electrons. The minimum atomic E-state index is -0.173. The molecule has 2 heterocycles. The number of hydrogen-bond acceptors (Lipinski definition) is 2. The van der Waals surface area contributed by atoms with E-state index in [0.29, 0.717) is 0 Å². The molecule has 0 atom stereocenters. The third kappa shape index (κ3) is 2.91. The summed E-state index contributed by atoms with van der Waals surface area (Å²) in [5.74, 6) is 0.750. The zero-order chi connectivity index (χ0) is 14.9. The van der Waals surface area contributed by atoms with Crippen molar-refractivity contribution in [2.45, 2.75) is 38.6 Å². The quantitative estimate of drug-likeness (QED) is 0.897. The fourth-order valence-electron chi connectivity index (χ4n) is 3.44. The number of carbonyl (C=O) groups excluding carboxylic acids is 1. The summed E-state index contributed by atoms with van der Waals surface area (Å²) in [5, 5.41) is 6.12. The van der Waals surface area contributed by atoms with Gasteiger partial charge in [-0.3, -0.25) is 0 Å². The summed E-state index contributed by atoms with van der Waals surface area (Å²) in [5.41, 5.74) is 2.04. The van der Waals surface area contributed by atoms with Gasteiger partial charge in [0.15, 0.2) is 0 Å². The van der Waals surface area contributed by atoms with Crippen LogP contribution in [0.15, 0.2) is 24.3 Å². The van der Waals surface area contributed by atoms with Gasteiger partial charge in [-0.25, -0.2) is 4.79 Å². The second kappa shape index (κ2) is 5.68. The van der Waals surface area contributed by atoms with E-state index < -0.39 is 0 Å². The second-order valence-electron chi connectivity index (χ2n) is 6.73. The zero-order valence-corrected chi connectivity index (χ0v) is 13.0. The van der Waals surface area contributed by atoms with E-state index in [4.69, 9.17) is 0 Å². The van der Waals surface area contributed by atoms with Gasteiger partial charge in [-0.1, -0.05) is 32.0 Å². The van der Waals surface area contributed by atoms with Crippen LogP contribution in [-0.2, 0) is 5.54 Å². The summed E-state index contributed by atoms with van der Waals surface area (Å²) in [6.07, 6.45) is 3.24. The third-order valence-corrected chi connectivity index (χ3v) is 4.78. The number of piperidine rings is 1. The second-order valence-corrected chi connectivity index (χ2v) is 6.73. The maximum absolute atomic E-state index is 12.0. The van der Waals surface area contributed by atoms with E-state index in [0.717, 1.165) is 37.5 Å². The lowest BCUT2D eigenvalue weighted by Crippen LogP contribution is -2.56. The first-order chi connectivity index (χ1) is 10.1. The molecule has 0 unspecified atom stereocenters. The number of hydrogen-bond donors (Lipinski definition) is 2. The maximum atomic E-state index is 12.0. The molecule has 2 amide bonds. The lowest BCUT2D eigenvalue weighted by atomic mass is 9.79. The molecule has 1 aromatic rings. The van der Waals surface area contributed by atoms with Crippen LogP contribution in [0, 0.1) is 5.92 Å². The van der Waals surface area contributed by atoms with Gasteiger partial charge in [0.2, 0.25) is 0 Å². The van der Waals surface area contributed by atoms with Crippen molar-refractivity contribution in [3.05, 3.63) is 29.8 Å². The molecule has 2 aliphatic heterocycles. The van der Waals surface area contributed by atoms with Gasteiger partial charge in [0.05, 0.1) is 5.54 Å². The fourth-order valence-corrected chi connectivity index (χ4v) is 3.44. The van der Waals surface area contributed by atoms with Crippen molar-refractivity contribution >= 4 is 11.7 Å². The Morgan fingerprint density at radius 1 is 1.24 bits per heavy atom. The zero-order valence-electron chi connectivity index (χ0n) is 13.0. The van der Waals surface area contributed by atoms with E-state index >= 15 is 0 Å². The molecular weight excluding hydrogens is 262 g/mol. The summed E-state index contributed by atoms with van der Waals surface area (Å²) in [4.78, 5) is 14.5. The Labute approximate surface area is 126 Å². The maximum Gasteiger partial charge on any atom is 0.319 e. The molecule has 1 saturated heterocycles. The number of benzene rings is 1. The smallest absolute Gasteiger partial charge is 0.319 e. The predicted octanol–water partition coefficient (Wildman–Crippen LogP) is 3.16. The summed E-state index contributed by atoms with van der Waals surface area (Å²) in [6, 6.07) is 8.12. The molecule has 2 aliphatic rings. The minimum Gasteiger partial charge on any atom is -0.328 e. The Hall–Kier alpha value is -1.55. The van der Waals surface area contributed by atoms with Gasteiger partial charge in [0.1, 0.15) is 0 Å². The van der Waals surface area contributed by atoms with E-state index in [1.807, 2.05) is 12.1 Å². The Morgan fingerprint density at radius 3 is 2.67 bits per heavy atom. The number of carbonyl (C=O) groups is 1. The number of amides is 2. The standard InChI is InChI=1S/C17H25N3O/c1-13(2)7-10-20-11-8-17(9-12-20)14-5-3-4-6-15(14)18-16(21)19-17/h3-6,13H,7-12H2,1-2H3,(H2,18,19,21). The molecule has 0 aromatic heterocycles. The number of fused-ring (bicyclic) bond motifs is 2. The van der Waals surface area contributed by atoms with E-state index in [-0.39, 0.29) is 11.6 Å². The van der Waals surface area contributed by atoms with Crippen LogP contribution in [-0.4, -0.2) is 30.6 Å². The predicted molar refractivity (Wildman–Crippen MR) is 85.4 cm³/mol. The van der Waals surface area contributed by atoms with Gasteiger partial charge in [0.25, 0.3) is 0 Å². The first-order valence-corrected chi connectivity index (χ1v) is 8.00. The molecule has 0 bridgehead atoms. The van der Waals surface area contributed by atoms with E-state index in [2.05, 4.69) is 41.5 Å². The molecular formula is C17H25N3O. The summed E-state index contributed by atoms with van der Waals surface area (Å²) >= 11 is 0. The average molecular weight is 287 g/mol. The molecule has 3 rings (SSSR count). The van der Waals surface area contributed by atoms with Gasteiger partial charge in [0, 0.05) is 24.3 Å². The monoisotopic (exact) mass is 287 g/mol. The van der Waals surface area contributed by atoms with Crippen LogP contribution < -0.4 is 10.6 Å². The van der Waals surface area contributed by atoms with Crippen LogP contribution in [0.4, 0.5) is 10.5 Å². The van der Waals surface area contributed by atoms with Crippen molar-refractivity contribution in [1.82, 2.24) is 10.2 Å². The highest BCUT2D eigenvalue weighted by Crippen LogP contribution is 2.39. The number of nitrogens with one attached hydrogen (secondary N) is 2. The lowest BCUT2D eigenvalue weighted by Gasteiger charge is -2.45. The molecule has 4 heteroatoms. The van der Waals surface area contributed by atoms with Crippen LogP contribution in [0.25, 0.3) is 0 Å². The van der Waals surface area contributed by atoms with Gasteiger partial charge >= 0.3 is 6.03 Å². The van der Waals surface area contributed by atoms with Crippen LogP contribution in [0.2, 0.25) is 0 Å². The van der Waals surface area contributed by atoms with E-state index in [1.54, 1.807) is 0 Å². The van der Waals surface area contributed by atoms with Crippen molar-refractivity contribution in [3.8, 4) is 0 Å². The first-order valence-electron chi connectivity index (χ1n) is 8.00. The molecule has 0 saturated carbocycles. The number of para-hydroxylation sites is 1. The Balaban J connectivity index is 1.74. The number of urea groups is 1. The highest BCUT2D eigenvalue weighted by molar-refractivity contribution is 5.93. The molecule has 1 fully saturated rings. The number of nitrogens with zero attached hydrogens (tertiary/aromatic N) is 1. The molecule has 4 nitrogen and oxygen atoms in total. The largest absolute Gasteiger partial charge is 0.328 e. The van der Waals surface area contributed by atoms with E-state index in [1.165, 1.54) is 18.5 Å². The number of likely N-dealkylation sites (tertiary alicyclic amines) is 1. The normalized spacial score (nSPS) is 21.0. The van der Waals surface area contributed by atoms with Gasteiger partial charge in [-0.05, 0) is 37.8 Å². The molecule has 1 aromatic carbocycles. The first kappa shape index (κ1) is 14.4. The van der Waals surface area contributed by atoms with Crippen molar-refractivity contribution < 1.29 is 4.79 Å². The summed E-state index contributed by atoms with van der Waals surface area (Å²) in [6.45, 7) is 7.83. The Kier molecular flexibility index (Phi) is 3.89. The number of anilines is 1. The Bertz CT molecular complexity index is 519. The number of rotatable bonds is 3. The molecule has 21 heavy (non-hydrogen) atoms. The lowest BCUT2D eigenvalue weighted by molar-refractivity contribution is 0.133. The summed E-state index contributed by atoms with van der Waals surface area (Å²) in [7, 11) is 0. The topological polar surface area (TPSA) is 44.4 Å². The van der Waals surface area contributed by atoms with Crippen molar-refractivity contribution in [1.29, 1.82) is 0 Å². The van der Waals surface area contributed by atoms with Crippen LogP contribution >= 0.6 is 0 Å². The summed E-state index contributed by atoms with van der Waals surface area (Å²) < 4.78 is 0. The SMILES string of the molecule is CC(C)CCN1CCC2(CC1)NC(=O)Nc1ccccc12. The van der Waals surface area contributed by atoms with Gasteiger partial charge in [-0.2, -0.15) is 0 Å². The third-order valence-electron chi connectivity index (χ3n) is 4.78. The fraction of sp³-hybridized carbons (Fsp3) is 0.588. The van der Waals surface area contributed by atoms with Crippen molar-refractivity contribution in [2.75, 3.05) is 25.0 Å². The van der Waals surface area contributed by atoms with Gasteiger partial charge < -0.3 is 15.5 Å². The van der Waals surface area contributed by atoms with Crippen molar-refractivity contribution in [3.63, 3.8) is 0 Å². The molecule has 2 N–H and O–H groups in total. The highest BCUT2D eigenvalue weighted by atomic mass is 16.2. The van der Waals surface area contributed by atoms with Gasteiger partial charge in [-0.15, -0.1) is 0 Å². The molecule has 1 spiro atoms. The Morgan fingerprint density at radius 2 is 1.95 bits per heavy atom. The molecule has 0 aliphatic carbocycles. The minimum absolute atomic E-state index is 0.0654. The highest BCUT2D eigenvalue weighted by Gasteiger charge is 2.41. The van der Waals surface area contributed by atoms with Crippen LogP contribution in [0.3, 0.4) is 0 Å². The van der Waals surface area contributed by atoms with Crippen LogP contribution in [0.5, 0.6) is 0 Å².